The fourth-order valence-corrected chi connectivity index (χ4v) is 2.78. The molecule has 2 rings (SSSR count). The third-order valence-corrected chi connectivity index (χ3v) is 3.79. The van der Waals surface area contributed by atoms with Gasteiger partial charge in [-0.15, -0.1) is 0 Å². The number of amides is 1. The highest BCUT2D eigenvalue weighted by atomic mass is 19.4. The fraction of sp³-hybridized carbons (Fsp3) is 0.714. The van der Waals surface area contributed by atoms with Crippen molar-refractivity contribution in [2.75, 3.05) is 33.7 Å². The molecular weight excluding hydrogens is 297 g/mol. The summed E-state index contributed by atoms with van der Waals surface area (Å²) in [5, 5.41) is 0. The average molecular weight is 318 g/mol. The Labute approximate surface area is 127 Å². The number of piperidine rings is 1. The molecule has 1 saturated heterocycles. The Hall–Kier alpha value is -1.57. The van der Waals surface area contributed by atoms with Gasteiger partial charge in [-0.05, 0) is 26.9 Å². The van der Waals surface area contributed by atoms with E-state index in [1.807, 2.05) is 14.1 Å². The number of rotatable bonds is 3. The molecule has 0 N–H and O–H groups in total. The minimum Gasteiger partial charge on any atom is -0.341 e. The lowest BCUT2D eigenvalue weighted by Gasteiger charge is -2.33. The molecule has 5 nitrogen and oxygen atoms in total. The van der Waals surface area contributed by atoms with Gasteiger partial charge in [-0.1, -0.05) is 0 Å². The van der Waals surface area contributed by atoms with Crippen LogP contribution >= 0.6 is 0 Å². The van der Waals surface area contributed by atoms with E-state index in [0.29, 0.717) is 25.5 Å². The topological polar surface area (TPSA) is 41.4 Å². The molecule has 1 aromatic heterocycles. The van der Waals surface area contributed by atoms with Gasteiger partial charge < -0.3 is 14.4 Å². The van der Waals surface area contributed by atoms with Crippen LogP contribution in [0.2, 0.25) is 0 Å². The van der Waals surface area contributed by atoms with Gasteiger partial charge in [-0.2, -0.15) is 13.2 Å². The lowest BCUT2D eigenvalue weighted by atomic mass is 9.97. The Morgan fingerprint density at radius 1 is 1.45 bits per heavy atom. The van der Waals surface area contributed by atoms with E-state index in [0.717, 1.165) is 19.0 Å². The number of carbonyl (C=O) groups is 1. The normalized spacial score (nSPS) is 19.8. The Balaban J connectivity index is 2.13. The molecule has 0 spiro atoms. The van der Waals surface area contributed by atoms with Gasteiger partial charge in [-0.25, -0.2) is 4.98 Å². The minimum absolute atomic E-state index is 0.0000426. The second-order valence-electron chi connectivity index (χ2n) is 6.01. The molecule has 1 atom stereocenters. The van der Waals surface area contributed by atoms with Gasteiger partial charge in [0.1, 0.15) is 5.82 Å². The molecule has 0 radical (unpaired) electrons. The van der Waals surface area contributed by atoms with Crippen molar-refractivity contribution in [2.24, 2.45) is 7.05 Å². The van der Waals surface area contributed by atoms with E-state index < -0.39 is 11.9 Å². The molecule has 0 aromatic carbocycles. The van der Waals surface area contributed by atoms with E-state index in [-0.39, 0.29) is 11.8 Å². The third kappa shape index (κ3) is 3.79. The summed E-state index contributed by atoms with van der Waals surface area (Å²) in [5.74, 6) is 0.246. The zero-order chi connectivity index (χ0) is 16.5. The summed E-state index contributed by atoms with van der Waals surface area (Å²) in [6.07, 6.45) is -1.91. The standard InChI is InChI=1S/C14H21F3N4O/c1-19(2)9-12(22)21-6-4-5-10(7-21)13-18-11(8-20(13)3)14(15,16)17/h8,10H,4-7,9H2,1-3H3/t10-/m1/s1. The number of imidazole rings is 1. The highest BCUT2D eigenvalue weighted by Gasteiger charge is 2.36. The van der Waals surface area contributed by atoms with Crippen LogP contribution in [0.4, 0.5) is 13.2 Å². The summed E-state index contributed by atoms with van der Waals surface area (Å²) >= 11 is 0. The summed E-state index contributed by atoms with van der Waals surface area (Å²) < 4.78 is 39.7. The summed E-state index contributed by atoms with van der Waals surface area (Å²) in [6, 6.07) is 0. The quantitative estimate of drug-likeness (QED) is 0.852. The number of alkyl halides is 3. The molecule has 124 valence electrons. The SMILES string of the molecule is CN(C)CC(=O)N1CCC[C@@H](c2nc(C(F)(F)F)cn2C)C1. The first-order chi connectivity index (χ1) is 10.2. The van der Waals surface area contributed by atoms with E-state index in [1.54, 1.807) is 16.8 Å². The molecule has 0 bridgehead atoms. The summed E-state index contributed by atoms with van der Waals surface area (Å²) in [4.78, 5) is 19.4. The first kappa shape index (κ1) is 16.8. The maximum atomic E-state index is 12.8. The van der Waals surface area contributed by atoms with E-state index in [2.05, 4.69) is 4.98 Å². The van der Waals surface area contributed by atoms with Crippen LogP contribution in [0.15, 0.2) is 6.20 Å². The van der Waals surface area contributed by atoms with Crippen molar-refractivity contribution in [1.82, 2.24) is 19.4 Å². The first-order valence-electron chi connectivity index (χ1n) is 7.21. The predicted molar refractivity (Wildman–Crippen MR) is 75.3 cm³/mol. The Bertz CT molecular complexity index is 539. The zero-order valence-electron chi connectivity index (χ0n) is 13.0. The van der Waals surface area contributed by atoms with Gasteiger partial charge in [0.2, 0.25) is 5.91 Å². The second-order valence-corrected chi connectivity index (χ2v) is 6.01. The van der Waals surface area contributed by atoms with Crippen molar-refractivity contribution in [2.45, 2.75) is 24.9 Å². The highest BCUT2D eigenvalue weighted by molar-refractivity contribution is 5.78. The van der Waals surface area contributed by atoms with Gasteiger partial charge in [0.05, 0.1) is 6.54 Å². The van der Waals surface area contributed by atoms with Crippen molar-refractivity contribution in [3.8, 4) is 0 Å². The summed E-state index contributed by atoms with van der Waals surface area (Å²) in [5.41, 5.74) is -0.873. The van der Waals surface area contributed by atoms with Crippen molar-refractivity contribution in [1.29, 1.82) is 0 Å². The lowest BCUT2D eigenvalue weighted by Crippen LogP contribution is -2.43. The molecule has 0 unspecified atom stereocenters. The number of nitrogens with zero attached hydrogens (tertiary/aromatic N) is 4. The number of aromatic nitrogens is 2. The molecule has 0 saturated carbocycles. The van der Waals surface area contributed by atoms with Gasteiger partial charge in [0.15, 0.2) is 5.69 Å². The number of aryl methyl sites for hydroxylation is 1. The van der Waals surface area contributed by atoms with Gasteiger partial charge in [0.25, 0.3) is 0 Å². The number of carbonyl (C=O) groups excluding carboxylic acids is 1. The molecule has 1 aliphatic heterocycles. The first-order valence-corrected chi connectivity index (χ1v) is 7.21. The number of hydrogen-bond acceptors (Lipinski definition) is 3. The molecule has 2 heterocycles. The minimum atomic E-state index is -4.44. The Morgan fingerprint density at radius 3 is 2.68 bits per heavy atom. The van der Waals surface area contributed by atoms with Crippen LogP contribution in [0.25, 0.3) is 0 Å². The van der Waals surface area contributed by atoms with Gasteiger partial charge in [0, 0.05) is 32.3 Å². The van der Waals surface area contributed by atoms with E-state index in [9.17, 15) is 18.0 Å². The molecule has 0 aliphatic carbocycles. The van der Waals surface area contributed by atoms with Crippen LogP contribution in [0.5, 0.6) is 0 Å². The molecule has 1 aromatic rings. The fourth-order valence-electron chi connectivity index (χ4n) is 2.78. The summed E-state index contributed by atoms with van der Waals surface area (Å²) in [6.45, 7) is 1.38. The number of halogens is 3. The van der Waals surface area contributed by atoms with Crippen LogP contribution in [-0.4, -0.2) is 59.0 Å². The van der Waals surface area contributed by atoms with E-state index in [4.69, 9.17) is 0 Å². The van der Waals surface area contributed by atoms with Crippen molar-refractivity contribution in [3.05, 3.63) is 17.7 Å². The van der Waals surface area contributed by atoms with Crippen LogP contribution in [-0.2, 0) is 18.0 Å². The van der Waals surface area contributed by atoms with Crippen molar-refractivity contribution < 1.29 is 18.0 Å². The van der Waals surface area contributed by atoms with Crippen LogP contribution in [0, 0.1) is 0 Å². The molecule has 22 heavy (non-hydrogen) atoms. The van der Waals surface area contributed by atoms with E-state index >= 15 is 0 Å². The van der Waals surface area contributed by atoms with Crippen LogP contribution in [0.1, 0.15) is 30.3 Å². The molecule has 1 aliphatic rings. The number of hydrogen-bond donors (Lipinski definition) is 0. The lowest BCUT2D eigenvalue weighted by molar-refractivity contribution is -0.141. The molecule has 1 fully saturated rings. The highest BCUT2D eigenvalue weighted by Crippen LogP contribution is 2.32. The van der Waals surface area contributed by atoms with Crippen LogP contribution < -0.4 is 0 Å². The second kappa shape index (κ2) is 6.28. The largest absolute Gasteiger partial charge is 0.434 e. The van der Waals surface area contributed by atoms with Gasteiger partial charge in [-0.3, -0.25) is 4.79 Å². The average Bonchev–Trinajstić information content (AvgIpc) is 2.80. The number of likely N-dealkylation sites (N-methyl/N-ethyl adjacent to an activating group) is 1. The van der Waals surface area contributed by atoms with Crippen LogP contribution in [0.3, 0.4) is 0 Å². The molecule has 1 amide bonds. The van der Waals surface area contributed by atoms with Crippen molar-refractivity contribution >= 4 is 5.91 Å². The maximum Gasteiger partial charge on any atom is 0.434 e. The predicted octanol–water partition coefficient (Wildman–Crippen LogP) is 1.71. The monoisotopic (exact) mass is 318 g/mol. The maximum absolute atomic E-state index is 12.8. The Kier molecular flexibility index (Phi) is 4.79. The Morgan fingerprint density at radius 2 is 2.14 bits per heavy atom. The van der Waals surface area contributed by atoms with Gasteiger partial charge >= 0.3 is 6.18 Å². The third-order valence-electron chi connectivity index (χ3n) is 3.79. The smallest absolute Gasteiger partial charge is 0.341 e. The molecular formula is C14H21F3N4O. The van der Waals surface area contributed by atoms with E-state index in [1.165, 1.54) is 4.57 Å². The van der Waals surface area contributed by atoms with Crippen molar-refractivity contribution in [3.63, 3.8) is 0 Å². The molecule has 8 heteroatoms. The zero-order valence-corrected chi connectivity index (χ0v) is 13.0. The number of likely N-dealkylation sites (tertiary alicyclic amines) is 1. The summed E-state index contributed by atoms with van der Waals surface area (Å²) in [7, 11) is 5.19.